The normalized spacial score (nSPS) is 14.9. The fourth-order valence-electron chi connectivity index (χ4n) is 2.76. The van der Waals surface area contributed by atoms with Gasteiger partial charge in [-0.2, -0.15) is 0 Å². The Morgan fingerprint density at radius 3 is 1.91 bits per heavy atom. The second-order valence-corrected chi connectivity index (χ2v) is 21.9. The molecule has 0 unspecified atom stereocenters. The van der Waals surface area contributed by atoms with E-state index in [1.54, 1.807) is 6.08 Å². The van der Waals surface area contributed by atoms with Crippen LogP contribution >= 0.6 is 0 Å². The highest BCUT2D eigenvalue weighted by atomic mass is 28.4. The van der Waals surface area contributed by atoms with Crippen molar-refractivity contribution in [3.8, 4) is 0 Å². The Bertz CT molecular complexity index is 843. The summed E-state index contributed by atoms with van der Waals surface area (Å²) in [6.07, 6.45) is 1.32. The summed E-state index contributed by atoms with van der Waals surface area (Å²) in [5.74, 6) is -0.449. The molecule has 0 saturated carbocycles. The maximum Gasteiger partial charge on any atom is 0.336 e. The maximum atomic E-state index is 13.3. The van der Waals surface area contributed by atoms with Crippen molar-refractivity contribution in [2.24, 2.45) is 0 Å². The summed E-state index contributed by atoms with van der Waals surface area (Å²) in [6, 6.07) is 8.02. The minimum Gasteiger partial charge on any atom is -0.454 e. The lowest BCUT2D eigenvalue weighted by Crippen LogP contribution is -2.49. The average molecular weight is 505 g/mol. The first kappa shape index (κ1) is 30.6. The molecule has 0 bridgehead atoms. The Labute approximate surface area is 211 Å². The molecule has 0 N–H and O–H groups in total. The summed E-state index contributed by atoms with van der Waals surface area (Å²) in [5, 5.41) is 0.0382. The van der Waals surface area contributed by atoms with Gasteiger partial charge in [0.1, 0.15) is 6.10 Å². The molecular weight excluding hydrogens is 456 g/mol. The third-order valence-electron chi connectivity index (χ3n) is 7.37. The summed E-state index contributed by atoms with van der Waals surface area (Å²) in [5.41, 5.74) is 2.40. The lowest BCUT2D eigenvalue weighted by Gasteiger charge is -2.41. The molecule has 0 spiro atoms. The minimum atomic E-state index is -2.19. The van der Waals surface area contributed by atoms with Crippen LogP contribution in [0.5, 0.6) is 0 Å². The zero-order chi connectivity index (χ0) is 26.5. The van der Waals surface area contributed by atoms with Gasteiger partial charge >= 0.3 is 5.97 Å². The third-order valence-corrected chi connectivity index (χ3v) is 16.4. The number of benzene rings is 1. The molecule has 0 aliphatic carbocycles. The predicted octanol–water partition coefficient (Wildman–Crippen LogP) is 8.12. The second kappa shape index (κ2) is 11.5. The SMILES string of the molecule is C=CC[C@H](OC(=O)C(=C)[C@@H](CO[Si](C)(C)C(C)(C)C)O[Si](C)(C)C(C)(C)C)c1ccc(C)cc1. The van der Waals surface area contributed by atoms with Crippen molar-refractivity contribution in [3.63, 3.8) is 0 Å². The highest BCUT2D eigenvalue weighted by molar-refractivity contribution is 6.74. The van der Waals surface area contributed by atoms with Gasteiger partial charge < -0.3 is 13.6 Å². The van der Waals surface area contributed by atoms with Crippen molar-refractivity contribution < 1.29 is 18.4 Å². The first-order valence-electron chi connectivity index (χ1n) is 12.2. The molecule has 1 aromatic carbocycles. The maximum absolute atomic E-state index is 13.3. The smallest absolute Gasteiger partial charge is 0.336 e. The number of carbonyl (C=O) groups is 1. The molecule has 0 aliphatic heterocycles. The number of esters is 1. The molecule has 0 amide bonds. The summed E-state index contributed by atoms with van der Waals surface area (Å²) in [6.45, 7) is 32.2. The molecule has 0 aromatic heterocycles. The fourth-order valence-corrected chi connectivity index (χ4v) is 5.04. The summed E-state index contributed by atoms with van der Waals surface area (Å²) in [4.78, 5) is 13.3. The lowest BCUT2D eigenvalue weighted by molar-refractivity contribution is -0.145. The van der Waals surface area contributed by atoms with Crippen LogP contribution in [0.2, 0.25) is 36.3 Å². The minimum absolute atomic E-state index is 0.0142. The van der Waals surface area contributed by atoms with Gasteiger partial charge in [-0.25, -0.2) is 4.79 Å². The van der Waals surface area contributed by atoms with Gasteiger partial charge in [-0.3, -0.25) is 0 Å². The molecule has 1 aromatic rings. The van der Waals surface area contributed by atoms with E-state index in [0.717, 1.165) is 11.1 Å². The Balaban J connectivity index is 3.17. The summed E-state index contributed by atoms with van der Waals surface area (Å²) < 4.78 is 19.1. The molecule has 0 fully saturated rings. The molecule has 2 atom stereocenters. The van der Waals surface area contributed by atoms with Gasteiger partial charge in [-0.15, -0.1) is 6.58 Å². The lowest BCUT2D eigenvalue weighted by atomic mass is 10.0. The van der Waals surface area contributed by atoms with E-state index in [9.17, 15) is 4.79 Å². The highest BCUT2D eigenvalue weighted by Gasteiger charge is 2.43. The van der Waals surface area contributed by atoms with E-state index >= 15 is 0 Å². The molecule has 1 rings (SSSR count). The van der Waals surface area contributed by atoms with Crippen LogP contribution in [0.15, 0.2) is 49.1 Å². The quantitative estimate of drug-likeness (QED) is 0.132. The number of hydrogen-bond donors (Lipinski definition) is 0. The van der Waals surface area contributed by atoms with Gasteiger partial charge in [-0.1, -0.05) is 84.0 Å². The number of hydrogen-bond acceptors (Lipinski definition) is 4. The molecule has 192 valence electrons. The molecule has 34 heavy (non-hydrogen) atoms. The number of carbonyl (C=O) groups excluding carboxylic acids is 1. The van der Waals surface area contributed by atoms with Crippen LogP contribution in [0, 0.1) is 6.92 Å². The average Bonchev–Trinajstić information content (AvgIpc) is 2.69. The molecular formula is C28H48O4Si2. The van der Waals surface area contributed by atoms with Crippen molar-refractivity contribution in [3.05, 3.63) is 60.2 Å². The summed E-state index contributed by atoms with van der Waals surface area (Å²) >= 11 is 0. The van der Waals surface area contributed by atoms with Crippen LogP contribution in [0.4, 0.5) is 0 Å². The number of aryl methyl sites for hydroxylation is 1. The first-order valence-corrected chi connectivity index (χ1v) is 18.0. The zero-order valence-electron chi connectivity index (χ0n) is 23.5. The van der Waals surface area contributed by atoms with Crippen LogP contribution < -0.4 is 0 Å². The van der Waals surface area contributed by atoms with Crippen molar-refractivity contribution in [2.45, 2.75) is 103 Å². The van der Waals surface area contributed by atoms with E-state index < -0.39 is 34.8 Å². The molecule has 6 heteroatoms. The molecule has 4 nitrogen and oxygen atoms in total. The largest absolute Gasteiger partial charge is 0.454 e. The second-order valence-electron chi connectivity index (χ2n) is 12.3. The van der Waals surface area contributed by atoms with Crippen LogP contribution in [-0.2, 0) is 18.4 Å². The van der Waals surface area contributed by atoms with E-state index in [4.69, 9.17) is 13.6 Å². The van der Waals surface area contributed by atoms with Gasteiger partial charge in [-0.05, 0) is 48.8 Å². The Morgan fingerprint density at radius 1 is 0.971 bits per heavy atom. The Kier molecular flexibility index (Phi) is 10.3. The number of rotatable bonds is 11. The fraction of sp³-hybridized carbons (Fsp3) is 0.607. The predicted molar refractivity (Wildman–Crippen MR) is 149 cm³/mol. The molecule has 0 saturated heterocycles. The first-order chi connectivity index (χ1) is 15.3. The van der Waals surface area contributed by atoms with E-state index in [2.05, 4.69) is 80.9 Å². The van der Waals surface area contributed by atoms with Crippen LogP contribution in [0.1, 0.15) is 65.2 Å². The van der Waals surface area contributed by atoms with E-state index in [-0.39, 0.29) is 10.1 Å². The van der Waals surface area contributed by atoms with Gasteiger partial charge in [0.25, 0.3) is 0 Å². The number of ether oxygens (including phenoxy) is 1. The standard InChI is InChI=1S/C28H48O4Si2/c1-14-15-24(23-18-16-21(2)17-19-23)31-26(29)22(3)25(32-34(12,13)28(7,8)9)20-30-33(10,11)27(4,5)6/h14,16-19,24-25H,1,3,15,20H2,2,4-13H3/t24-,25+/m0/s1. The van der Waals surface area contributed by atoms with Crippen LogP contribution in [0.3, 0.4) is 0 Å². The molecule has 0 heterocycles. The van der Waals surface area contributed by atoms with Gasteiger partial charge in [0.05, 0.1) is 18.3 Å². The highest BCUT2D eigenvalue weighted by Crippen LogP contribution is 2.40. The van der Waals surface area contributed by atoms with Crippen molar-refractivity contribution in [1.82, 2.24) is 0 Å². The van der Waals surface area contributed by atoms with Crippen LogP contribution in [0.25, 0.3) is 0 Å². The van der Waals surface area contributed by atoms with Crippen molar-refractivity contribution in [1.29, 1.82) is 0 Å². The monoisotopic (exact) mass is 504 g/mol. The zero-order valence-corrected chi connectivity index (χ0v) is 25.5. The van der Waals surface area contributed by atoms with E-state index in [1.807, 2.05) is 31.2 Å². The Morgan fingerprint density at radius 2 is 1.47 bits per heavy atom. The van der Waals surface area contributed by atoms with Gasteiger partial charge in [0.15, 0.2) is 16.6 Å². The third kappa shape index (κ3) is 8.33. The molecule has 0 radical (unpaired) electrons. The Hall–Kier alpha value is -1.48. The molecule has 0 aliphatic rings. The van der Waals surface area contributed by atoms with E-state index in [0.29, 0.717) is 18.6 Å². The van der Waals surface area contributed by atoms with Gasteiger partial charge in [0.2, 0.25) is 0 Å². The van der Waals surface area contributed by atoms with Crippen molar-refractivity contribution >= 4 is 22.6 Å². The van der Waals surface area contributed by atoms with Gasteiger partial charge in [0, 0.05) is 6.42 Å². The van der Waals surface area contributed by atoms with Crippen LogP contribution in [-0.4, -0.2) is 35.3 Å². The summed E-state index contributed by atoms with van der Waals surface area (Å²) in [7, 11) is -4.24. The topological polar surface area (TPSA) is 44.8 Å². The van der Waals surface area contributed by atoms with E-state index in [1.165, 1.54) is 0 Å². The van der Waals surface area contributed by atoms with Crippen molar-refractivity contribution in [2.75, 3.05) is 6.61 Å².